The molecular formula is C25H23O4PRh. The first kappa shape index (κ1) is 26.2. The van der Waals surface area contributed by atoms with Gasteiger partial charge in [0.15, 0.2) is 0 Å². The monoisotopic (exact) mass is 521 g/mol. The van der Waals surface area contributed by atoms with Crippen LogP contribution in [0, 0.1) is 0 Å². The summed E-state index contributed by atoms with van der Waals surface area (Å²) in [6.45, 7) is 2.81. The van der Waals surface area contributed by atoms with Crippen LogP contribution in [0.25, 0.3) is 0 Å². The van der Waals surface area contributed by atoms with E-state index in [1.807, 2.05) is 0 Å². The van der Waals surface area contributed by atoms with Crippen LogP contribution in [0.2, 0.25) is 0 Å². The Bertz CT molecular complexity index is 935. The van der Waals surface area contributed by atoms with E-state index in [-0.39, 0.29) is 18.0 Å². The van der Waals surface area contributed by atoms with Crippen molar-refractivity contribution >= 4 is 44.4 Å². The van der Waals surface area contributed by atoms with E-state index in [1.54, 1.807) is 0 Å². The third kappa shape index (κ3) is 11.3. The van der Waals surface area contributed by atoms with Crippen molar-refractivity contribution < 1.29 is 35.4 Å². The van der Waals surface area contributed by atoms with E-state index >= 15 is 0 Å². The van der Waals surface area contributed by atoms with Gasteiger partial charge in [-0.2, -0.15) is 0 Å². The number of hydrogen-bond donors (Lipinski definition) is 0. The smallest absolute Gasteiger partial charge is 0.0134 e. The molecule has 0 aliphatic carbocycles. The molecule has 0 aliphatic rings. The molecule has 0 aromatic heterocycles. The van der Waals surface area contributed by atoms with Gasteiger partial charge < -0.3 is 0 Å². The summed E-state index contributed by atoms with van der Waals surface area (Å²) in [5, 5.41) is 4.19. The van der Waals surface area contributed by atoms with Gasteiger partial charge in [0.05, 0.1) is 6.42 Å². The van der Waals surface area contributed by atoms with Gasteiger partial charge in [-0.25, -0.2) is 0 Å². The van der Waals surface area contributed by atoms with E-state index in [0.717, 1.165) is 0 Å². The fraction of sp³-hybridized carbons (Fsp3) is 0.120. The fourth-order valence-corrected chi connectivity index (χ4v) is 4.92. The second-order valence-electron chi connectivity index (χ2n) is 6.14. The summed E-state index contributed by atoms with van der Waals surface area (Å²) in [5.41, 5.74) is 0. The molecule has 3 rings (SSSR count). The molecule has 0 saturated heterocycles. The molecule has 31 heavy (non-hydrogen) atoms. The number of ketones is 2. The minimum Gasteiger partial charge on any atom is -0.0622 e. The predicted molar refractivity (Wildman–Crippen MR) is 123 cm³/mol. The van der Waals surface area contributed by atoms with E-state index in [2.05, 4.69) is 91.0 Å². The topological polar surface area (TPSA) is 68.3 Å². The van der Waals surface area contributed by atoms with Gasteiger partial charge in [-0.05, 0) is 37.7 Å². The third-order valence-corrected chi connectivity index (χ3v) is 6.39. The molecule has 0 radical (unpaired) electrons. The minimum absolute atomic E-state index is 0.0625. The molecule has 0 unspecified atom stereocenters. The molecule has 0 amide bonds. The zero-order chi connectivity index (χ0) is 22.9. The summed E-state index contributed by atoms with van der Waals surface area (Å²) >= 11 is -0.704. The second-order valence-corrected chi connectivity index (χ2v) is 9.44. The molecule has 0 spiro atoms. The molecule has 0 N–H and O–H groups in total. The van der Waals surface area contributed by atoms with Crippen molar-refractivity contribution in [3.05, 3.63) is 91.0 Å². The Labute approximate surface area is 190 Å². The van der Waals surface area contributed by atoms with Crippen LogP contribution in [0.4, 0.5) is 0 Å². The Hall–Kier alpha value is -2.79. The van der Waals surface area contributed by atoms with Crippen LogP contribution in [-0.2, 0) is 35.4 Å². The first-order valence-electron chi connectivity index (χ1n) is 9.26. The van der Waals surface area contributed by atoms with E-state index in [9.17, 15) is 9.59 Å². The fourth-order valence-electron chi connectivity index (χ4n) is 2.54. The van der Waals surface area contributed by atoms with Crippen molar-refractivity contribution in [3.63, 3.8) is 0 Å². The van der Waals surface area contributed by atoms with Gasteiger partial charge in [-0.3, -0.25) is 9.59 Å². The predicted octanol–water partition coefficient (Wildman–Crippen LogP) is 3.20. The molecule has 0 heterocycles. The van der Waals surface area contributed by atoms with Crippen LogP contribution in [0.3, 0.4) is 0 Å². The first-order valence-corrected chi connectivity index (χ1v) is 12.2. The summed E-state index contributed by atoms with van der Waals surface area (Å²) in [7, 11) is -0.446. The van der Waals surface area contributed by atoms with Gasteiger partial charge in [-0.15, -0.1) is 0 Å². The minimum atomic E-state index is -0.704. The van der Waals surface area contributed by atoms with Crippen LogP contribution in [0.1, 0.15) is 20.3 Å². The third-order valence-electron chi connectivity index (χ3n) is 3.61. The molecule has 4 nitrogen and oxygen atoms in total. The summed E-state index contributed by atoms with van der Waals surface area (Å²) in [5.74, 6) is -0.125. The van der Waals surface area contributed by atoms with Crippen molar-refractivity contribution in [3.8, 4) is 0 Å². The number of carbonyl (C=O) groups is 2. The summed E-state index contributed by atoms with van der Waals surface area (Å²) in [4.78, 5) is 38.2. The molecule has 3 aromatic carbocycles. The number of carbonyl (C=O) groups excluding carboxylic acids is 4. The Balaban J connectivity index is 0.000000334. The number of benzene rings is 3. The molecule has 161 valence electrons. The van der Waals surface area contributed by atoms with Gasteiger partial charge in [0.1, 0.15) is 11.6 Å². The molecule has 0 saturated carbocycles. The molecule has 3 aromatic rings. The molecule has 0 bridgehead atoms. The quantitative estimate of drug-likeness (QED) is 0.294. The van der Waals surface area contributed by atoms with Crippen LogP contribution >= 0.6 is 7.92 Å². The number of hydrogen-bond acceptors (Lipinski definition) is 4. The van der Waals surface area contributed by atoms with Crippen molar-refractivity contribution in [1.29, 1.82) is 0 Å². The van der Waals surface area contributed by atoms with E-state index in [1.165, 1.54) is 38.7 Å². The number of rotatable bonds is 5. The average Bonchev–Trinajstić information content (AvgIpc) is 2.77. The SMILES string of the molecule is CC(=O)CC(C)=O.O=[C]=[Rh]=[C]=O.c1ccc(P(c2ccccc2)c2ccccc2)cc1. The summed E-state index contributed by atoms with van der Waals surface area (Å²) < 4.78 is 2.83. The van der Waals surface area contributed by atoms with Gasteiger partial charge in [0, 0.05) is 0 Å². The molecular weight excluding hydrogens is 498 g/mol. The maximum atomic E-state index is 10.0. The van der Waals surface area contributed by atoms with Crippen molar-refractivity contribution in [1.82, 2.24) is 0 Å². The Morgan fingerprint density at radius 3 is 1.10 bits per heavy atom. The number of Topliss-reactive ketones (excluding diaryl/α,β-unsaturated/α-hetero) is 2. The van der Waals surface area contributed by atoms with Crippen LogP contribution < -0.4 is 15.9 Å². The zero-order valence-electron chi connectivity index (χ0n) is 17.3. The van der Waals surface area contributed by atoms with Crippen molar-refractivity contribution in [2.24, 2.45) is 0 Å². The summed E-state index contributed by atoms with van der Waals surface area (Å²) in [6, 6.07) is 32.3. The summed E-state index contributed by atoms with van der Waals surface area (Å²) in [6.07, 6.45) is 0.0833. The van der Waals surface area contributed by atoms with E-state index in [4.69, 9.17) is 9.59 Å². The second kappa shape index (κ2) is 16.0. The van der Waals surface area contributed by atoms with Crippen LogP contribution in [-0.4, -0.2) is 20.5 Å². The maximum absolute atomic E-state index is 10.0. The van der Waals surface area contributed by atoms with E-state index < -0.39 is 24.1 Å². The van der Waals surface area contributed by atoms with Crippen LogP contribution in [0.5, 0.6) is 0 Å². The van der Waals surface area contributed by atoms with Gasteiger partial charge in [-0.1, -0.05) is 91.0 Å². The largest absolute Gasteiger partial charge is 0.0622 e. The molecule has 0 aliphatic heterocycles. The normalized spacial score (nSPS) is 9.13. The average molecular weight is 521 g/mol. The molecule has 6 heteroatoms. The first-order chi connectivity index (χ1) is 15.0. The Morgan fingerprint density at radius 1 is 0.645 bits per heavy atom. The van der Waals surface area contributed by atoms with E-state index in [0.29, 0.717) is 0 Å². The van der Waals surface area contributed by atoms with Crippen molar-refractivity contribution in [2.75, 3.05) is 0 Å². The Morgan fingerprint density at radius 2 is 0.935 bits per heavy atom. The molecule has 0 fully saturated rings. The standard InChI is InChI=1S/C18H15P.C5H8O2.2CO.Rh/c1-4-10-16(11-5-1)19(17-12-6-2-7-13-17)18-14-8-3-9-15-18;1-4(6)3-5(2)7;2*1-2;/h1-15H;3H2,1-2H3;;;. The van der Waals surface area contributed by atoms with Crippen molar-refractivity contribution in [2.45, 2.75) is 20.3 Å². The maximum Gasteiger partial charge on any atom is -0.0134 e. The van der Waals surface area contributed by atoms with Crippen LogP contribution in [0.15, 0.2) is 91.0 Å². The molecule has 0 atom stereocenters. The van der Waals surface area contributed by atoms with Gasteiger partial charge in [0.2, 0.25) is 0 Å². The van der Waals surface area contributed by atoms with Gasteiger partial charge >= 0.3 is 34.8 Å². The zero-order valence-corrected chi connectivity index (χ0v) is 19.8. The Kier molecular flexibility index (Phi) is 13.5. The van der Waals surface area contributed by atoms with Gasteiger partial charge in [0.25, 0.3) is 0 Å².